The number of imidazole rings is 1. The molecule has 6 heteroatoms. The molecule has 4 rings (SSSR count). The smallest absolute Gasteiger partial charge is 0.303 e. The third-order valence-corrected chi connectivity index (χ3v) is 5.42. The molecule has 1 aromatic carbocycles. The van der Waals surface area contributed by atoms with Crippen LogP contribution < -0.4 is 0 Å². The average Bonchev–Trinajstić information content (AvgIpc) is 3.07. The van der Waals surface area contributed by atoms with Crippen molar-refractivity contribution in [2.45, 2.75) is 25.8 Å². The highest BCUT2D eigenvalue weighted by molar-refractivity contribution is 5.74. The molecule has 0 bridgehead atoms. The van der Waals surface area contributed by atoms with Crippen molar-refractivity contribution in [2.75, 3.05) is 13.1 Å². The van der Waals surface area contributed by atoms with Gasteiger partial charge in [0.1, 0.15) is 5.82 Å². The Kier molecular flexibility index (Phi) is 5.16. The van der Waals surface area contributed by atoms with Crippen LogP contribution in [0.2, 0.25) is 0 Å². The van der Waals surface area contributed by atoms with E-state index in [0.29, 0.717) is 0 Å². The van der Waals surface area contributed by atoms with Crippen molar-refractivity contribution in [2.24, 2.45) is 11.8 Å². The number of hydrogen-bond donors (Lipinski definition) is 2. The number of benzene rings is 1. The molecule has 1 fully saturated rings. The molecule has 2 N–H and O–H groups in total. The number of likely N-dealkylation sites (tertiary alicyclic amines) is 1. The molecule has 0 unspecified atom stereocenters. The van der Waals surface area contributed by atoms with Gasteiger partial charge in [0.05, 0.1) is 16.7 Å². The van der Waals surface area contributed by atoms with Crippen LogP contribution in [-0.2, 0) is 17.8 Å². The number of aromatic amines is 1. The van der Waals surface area contributed by atoms with Crippen LogP contribution in [0.3, 0.4) is 0 Å². The summed E-state index contributed by atoms with van der Waals surface area (Å²) in [5.41, 5.74) is 3.04. The molecule has 27 heavy (non-hydrogen) atoms. The molecule has 0 radical (unpaired) electrons. The molecule has 1 aliphatic rings. The lowest BCUT2D eigenvalue weighted by atomic mass is 9.81. The van der Waals surface area contributed by atoms with Crippen molar-refractivity contribution >= 4 is 17.0 Å². The van der Waals surface area contributed by atoms with Crippen LogP contribution in [0.25, 0.3) is 11.0 Å². The Labute approximate surface area is 158 Å². The second kappa shape index (κ2) is 7.88. The Morgan fingerprint density at radius 2 is 2.04 bits per heavy atom. The Balaban J connectivity index is 1.50. The Morgan fingerprint density at radius 3 is 2.81 bits per heavy atom. The lowest BCUT2D eigenvalue weighted by Crippen LogP contribution is -2.41. The molecule has 0 spiro atoms. The molecule has 2 atom stereocenters. The predicted octanol–water partition coefficient (Wildman–Crippen LogP) is 3.11. The molecule has 1 aliphatic heterocycles. The van der Waals surface area contributed by atoms with Crippen molar-refractivity contribution < 1.29 is 9.90 Å². The highest BCUT2D eigenvalue weighted by atomic mass is 16.4. The number of nitrogens with zero attached hydrogens (tertiary/aromatic N) is 3. The van der Waals surface area contributed by atoms with Gasteiger partial charge in [0.15, 0.2) is 0 Å². The van der Waals surface area contributed by atoms with Gasteiger partial charge < -0.3 is 10.1 Å². The number of carboxylic acids is 1. The SMILES string of the molecule is O=C(O)C[C@@H]1CCN(Cc2ccccn2)C[C@@H]1Cc1nc2ccccc2[nH]1. The maximum atomic E-state index is 11.3. The average molecular weight is 364 g/mol. The standard InChI is InChI=1S/C21H24N4O2/c26-21(27)12-15-8-10-25(14-17-5-3-4-9-22-17)13-16(15)11-20-23-18-6-1-2-7-19(18)24-20/h1-7,9,15-16H,8,10-14H2,(H,23,24)(H,26,27)/t15-,16-/m0/s1. The van der Waals surface area contributed by atoms with E-state index in [4.69, 9.17) is 4.98 Å². The Morgan fingerprint density at radius 1 is 1.19 bits per heavy atom. The quantitative estimate of drug-likeness (QED) is 0.702. The number of para-hydroxylation sites is 2. The van der Waals surface area contributed by atoms with Crippen LogP contribution in [0.5, 0.6) is 0 Å². The second-order valence-corrected chi connectivity index (χ2v) is 7.37. The summed E-state index contributed by atoms with van der Waals surface area (Å²) < 4.78 is 0. The molecule has 0 amide bonds. The first-order chi connectivity index (χ1) is 13.2. The summed E-state index contributed by atoms with van der Waals surface area (Å²) in [6.07, 6.45) is 3.70. The molecule has 6 nitrogen and oxygen atoms in total. The lowest BCUT2D eigenvalue weighted by molar-refractivity contribution is -0.139. The summed E-state index contributed by atoms with van der Waals surface area (Å²) in [7, 11) is 0. The van der Waals surface area contributed by atoms with Gasteiger partial charge in [-0.2, -0.15) is 0 Å². The largest absolute Gasteiger partial charge is 0.481 e. The molecule has 2 aromatic heterocycles. The van der Waals surface area contributed by atoms with Gasteiger partial charge >= 0.3 is 5.97 Å². The molecular weight excluding hydrogens is 340 g/mol. The van der Waals surface area contributed by atoms with Crippen molar-refractivity contribution in [1.29, 1.82) is 0 Å². The van der Waals surface area contributed by atoms with Gasteiger partial charge in [-0.3, -0.25) is 14.7 Å². The van der Waals surface area contributed by atoms with Crippen molar-refractivity contribution in [1.82, 2.24) is 19.9 Å². The van der Waals surface area contributed by atoms with Crippen LogP contribution in [0, 0.1) is 11.8 Å². The van der Waals surface area contributed by atoms with E-state index in [2.05, 4.69) is 14.9 Å². The van der Waals surface area contributed by atoms with Crippen LogP contribution in [0.15, 0.2) is 48.7 Å². The number of nitrogens with one attached hydrogen (secondary N) is 1. The first-order valence-corrected chi connectivity index (χ1v) is 9.45. The van der Waals surface area contributed by atoms with Crippen LogP contribution in [0.1, 0.15) is 24.4 Å². The molecular formula is C21H24N4O2. The van der Waals surface area contributed by atoms with Gasteiger partial charge in [0.25, 0.3) is 0 Å². The van der Waals surface area contributed by atoms with Crippen molar-refractivity contribution in [3.63, 3.8) is 0 Å². The number of carboxylic acid groups (broad SMARTS) is 1. The van der Waals surface area contributed by atoms with E-state index < -0.39 is 5.97 Å². The Bertz CT molecular complexity index is 876. The van der Waals surface area contributed by atoms with E-state index in [1.54, 1.807) is 0 Å². The monoisotopic (exact) mass is 364 g/mol. The van der Waals surface area contributed by atoms with E-state index >= 15 is 0 Å². The summed E-state index contributed by atoms with van der Waals surface area (Å²) in [6.45, 7) is 2.58. The van der Waals surface area contributed by atoms with E-state index in [0.717, 1.165) is 55.0 Å². The zero-order valence-electron chi connectivity index (χ0n) is 15.2. The number of fused-ring (bicyclic) bond motifs is 1. The molecule has 140 valence electrons. The first kappa shape index (κ1) is 17.7. The topological polar surface area (TPSA) is 82.1 Å². The third kappa shape index (κ3) is 4.34. The highest BCUT2D eigenvalue weighted by Gasteiger charge is 2.31. The zero-order chi connectivity index (χ0) is 18.6. The van der Waals surface area contributed by atoms with E-state index in [1.165, 1.54) is 0 Å². The second-order valence-electron chi connectivity index (χ2n) is 7.37. The predicted molar refractivity (Wildman–Crippen MR) is 103 cm³/mol. The van der Waals surface area contributed by atoms with Gasteiger partial charge in [-0.1, -0.05) is 18.2 Å². The third-order valence-electron chi connectivity index (χ3n) is 5.42. The molecule has 0 saturated carbocycles. The minimum atomic E-state index is -0.715. The van der Waals surface area contributed by atoms with Gasteiger partial charge in [0.2, 0.25) is 0 Å². The number of hydrogen-bond acceptors (Lipinski definition) is 4. The Hall–Kier alpha value is -2.73. The van der Waals surface area contributed by atoms with Gasteiger partial charge in [-0.05, 0) is 49.1 Å². The molecule has 0 aliphatic carbocycles. The fourth-order valence-corrected chi connectivity index (χ4v) is 4.10. The van der Waals surface area contributed by atoms with Crippen LogP contribution >= 0.6 is 0 Å². The number of rotatable bonds is 6. The first-order valence-electron chi connectivity index (χ1n) is 9.45. The number of carbonyl (C=O) groups is 1. The van der Waals surface area contributed by atoms with Gasteiger partial charge in [0, 0.05) is 32.1 Å². The fourth-order valence-electron chi connectivity index (χ4n) is 4.10. The number of aromatic nitrogens is 3. The molecule has 3 heterocycles. The van der Waals surface area contributed by atoms with E-state index in [-0.39, 0.29) is 18.3 Å². The molecule has 3 aromatic rings. The van der Waals surface area contributed by atoms with Crippen molar-refractivity contribution in [3.8, 4) is 0 Å². The number of pyridine rings is 1. The zero-order valence-corrected chi connectivity index (χ0v) is 15.2. The maximum absolute atomic E-state index is 11.3. The number of H-pyrrole nitrogens is 1. The van der Waals surface area contributed by atoms with Crippen LogP contribution in [0.4, 0.5) is 0 Å². The summed E-state index contributed by atoms with van der Waals surface area (Å²) in [5.74, 6) is 0.666. The lowest BCUT2D eigenvalue weighted by Gasteiger charge is -2.37. The fraction of sp³-hybridized carbons (Fsp3) is 0.381. The maximum Gasteiger partial charge on any atom is 0.303 e. The van der Waals surface area contributed by atoms with E-state index in [9.17, 15) is 9.90 Å². The van der Waals surface area contributed by atoms with Crippen molar-refractivity contribution in [3.05, 3.63) is 60.2 Å². The summed E-state index contributed by atoms with van der Waals surface area (Å²) in [6, 6.07) is 14.0. The number of piperidine rings is 1. The normalized spacial score (nSPS) is 20.7. The summed E-state index contributed by atoms with van der Waals surface area (Å²) in [5, 5.41) is 9.32. The highest BCUT2D eigenvalue weighted by Crippen LogP contribution is 2.30. The number of aliphatic carboxylic acids is 1. The van der Waals surface area contributed by atoms with E-state index in [1.807, 2.05) is 48.7 Å². The minimum absolute atomic E-state index is 0.177. The molecule has 1 saturated heterocycles. The van der Waals surface area contributed by atoms with Crippen LogP contribution in [-0.4, -0.2) is 44.0 Å². The minimum Gasteiger partial charge on any atom is -0.481 e. The summed E-state index contributed by atoms with van der Waals surface area (Å²) >= 11 is 0. The summed E-state index contributed by atoms with van der Waals surface area (Å²) in [4.78, 5) is 26.2. The van der Waals surface area contributed by atoms with Gasteiger partial charge in [-0.15, -0.1) is 0 Å². The van der Waals surface area contributed by atoms with Gasteiger partial charge in [-0.25, -0.2) is 4.98 Å².